The number of ether oxygens (including phenoxy) is 1. The Labute approximate surface area is 177 Å². The van der Waals surface area contributed by atoms with Crippen molar-refractivity contribution in [2.24, 2.45) is 0 Å². The average Bonchev–Trinajstić information content (AvgIpc) is 2.73. The van der Waals surface area contributed by atoms with E-state index in [1.807, 2.05) is 0 Å². The maximum absolute atomic E-state index is 14.7. The normalized spacial score (nSPS) is 12.9. The summed E-state index contributed by atoms with van der Waals surface area (Å²) in [5.74, 6) is -2.97. The lowest BCUT2D eigenvalue weighted by atomic mass is 9.97. The summed E-state index contributed by atoms with van der Waals surface area (Å²) >= 11 is 0. The van der Waals surface area contributed by atoms with Crippen molar-refractivity contribution in [1.29, 1.82) is 0 Å². The number of carbonyl (C=O) groups is 2. The van der Waals surface area contributed by atoms with Gasteiger partial charge in [-0.3, -0.25) is 4.79 Å². The molecule has 0 bridgehead atoms. The molecule has 1 atom stereocenters. The minimum Gasteiger partial charge on any atom is -0.508 e. The quantitative estimate of drug-likeness (QED) is 0.454. The van der Waals surface area contributed by atoms with Gasteiger partial charge in [-0.05, 0) is 31.5 Å². The molecule has 1 amide bonds. The molecule has 3 aromatic rings. The minimum atomic E-state index is -1.55. The van der Waals surface area contributed by atoms with Gasteiger partial charge in [0.25, 0.3) is 5.91 Å². The molecule has 3 aromatic carbocycles. The van der Waals surface area contributed by atoms with Crippen molar-refractivity contribution in [2.45, 2.75) is 32.4 Å². The summed E-state index contributed by atoms with van der Waals surface area (Å²) in [5.41, 5.74) is -1.39. The number of carboxylic acid groups (broad SMARTS) is 1. The van der Waals surface area contributed by atoms with Gasteiger partial charge in [0.15, 0.2) is 0 Å². The van der Waals surface area contributed by atoms with E-state index >= 15 is 0 Å². The zero-order valence-corrected chi connectivity index (χ0v) is 17.0. The van der Waals surface area contributed by atoms with Gasteiger partial charge < -0.3 is 25.4 Å². The molecule has 0 aromatic heterocycles. The second-order valence-corrected chi connectivity index (χ2v) is 7.33. The van der Waals surface area contributed by atoms with Crippen LogP contribution in [0.3, 0.4) is 0 Å². The molecule has 0 aliphatic carbocycles. The number of hydrogen-bond acceptors (Lipinski definition) is 5. The molecule has 0 saturated carbocycles. The van der Waals surface area contributed by atoms with Crippen LogP contribution in [0.25, 0.3) is 10.8 Å². The van der Waals surface area contributed by atoms with E-state index in [9.17, 15) is 29.3 Å². The maximum atomic E-state index is 14.7. The van der Waals surface area contributed by atoms with Gasteiger partial charge >= 0.3 is 5.97 Å². The summed E-state index contributed by atoms with van der Waals surface area (Å²) in [6, 6.07) is 11.4. The molecule has 8 heteroatoms. The summed E-state index contributed by atoms with van der Waals surface area (Å²) in [5, 5.41) is 31.9. The van der Waals surface area contributed by atoms with Crippen LogP contribution in [0.4, 0.5) is 4.39 Å². The highest BCUT2D eigenvalue weighted by molar-refractivity contribution is 6.05. The van der Waals surface area contributed by atoms with E-state index < -0.39 is 23.2 Å². The number of amides is 1. The van der Waals surface area contributed by atoms with Crippen LogP contribution in [0.5, 0.6) is 17.2 Å². The Bertz CT molecular complexity index is 1160. The van der Waals surface area contributed by atoms with Gasteiger partial charge in [0, 0.05) is 22.4 Å². The molecule has 0 spiro atoms. The number of aromatic hydroxyl groups is 2. The molecule has 0 radical (unpaired) electrons. The zero-order valence-electron chi connectivity index (χ0n) is 17.0. The van der Waals surface area contributed by atoms with Crippen LogP contribution in [0.1, 0.15) is 36.2 Å². The second-order valence-electron chi connectivity index (χ2n) is 7.33. The van der Waals surface area contributed by atoms with E-state index in [1.165, 1.54) is 25.1 Å². The average molecular weight is 427 g/mol. The van der Waals surface area contributed by atoms with Gasteiger partial charge in [0.2, 0.25) is 0 Å². The lowest BCUT2D eigenvalue weighted by Crippen LogP contribution is -2.51. The fraction of sp³-hybridized carbons (Fsp3) is 0.217. The summed E-state index contributed by atoms with van der Waals surface area (Å²) in [7, 11) is 0. The topological polar surface area (TPSA) is 116 Å². The van der Waals surface area contributed by atoms with Crippen molar-refractivity contribution in [1.82, 2.24) is 5.32 Å². The molecule has 31 heavy (non-hydrogen) atoms. The van der Waals surface area contributed by atoms with Gasteiger partial charge in [0.05, 0.1) is 5.56 Å². The van der Waals surface area contributed by atoms with Crippen molar-refractivity contribution in [3.8, 4) is 17.2 Å². The molecular formula is C23H22FNO6. The molecule has 0 fully saturated rings. The van der Waals surface area contributed by atoms with Crippen molar-refractivity contribution in [3.63, 3.8) is 0 Å². The number of hydrogen-bond donors (Lipinski definition) is 4. The highest BCUT2D eigenvalue weighted by Gasteiger charge is 2.34. The number of phenolic OH excluding ortho intramolecular Hbond substituents is 2. The third kappa shape index (κ3) is 4.37. The zero-order chi connectivity index (χ0) is 22.8. The van der Waals surface area contributed by atoms with Crippen molar-refractivity contribution in [2.75, 3.05) is 0 Å². The number of carbonyl (C=O) groups excluding carboxylic acids is 1. The molecule has 0 heterocycles. The van der Waals surface area contributed by atoms with E-state index in [0.29, 0.717) is 10.9 Å². The third-order valence-corrected chi connectivity index (χ3v) is 5.20. The second kappa shape index (κ2) is 8.51. The van der Waals surface area contributed by atoms with E-state index in [2.05, 4.69) is 5.32 Å². The molecule has 3 rings (SSSR count). The Morgan fingerprint density at radius 1 is 1.10 bits per heavy atom. The monoisotopic (exact) mass is 427 g/mol. The summed E-state index contributed by atoms with van der Waals surface area (Å²) in [6.45, 7) is 2.80. The Hall–Kier alpha value is -3.81. The van der Waals surface area contributed by atoms with E-state index in [-0.39, 0.29) is 41.2 Å². The van der Waals surface area contributed by atoms with Crippen LogP contribution < -0.4 is 10.1 Å². The number of rotatable bonds is 7. The van der Waals surface area contributed by atoms with Crippen LogP contribution in [-0.4, -0.2) is 32.7 Å². The Kier molecular flexibility index (Phi) is 6.01. The number of nitrogens with one attached hydrogen (secondary N) is 1. The Balaban J connectivity index is 2.06. The van der Waals surface area contributed by atoms with Gasteiger partial charge in [-0.1, -0.05) is 31.2 Å². The lowest BCUT2D eigenvalue weighted by molar-refractivity contribution is -0.143. The van der Waals surface area contributed by atoms with E-state index in [4.69, 9.17) is 4.74 Å². The highest BCUT2D eigenvalue weighted by atomic mass is 19.1. The van der Waals surface area contributed by atoms with Crippen molar-refractivity contribution < 1.29 is 34.0 Å². The first-order valence-electron chi connectivity index (χ1n) is 9.57. The predicted molar refractivity (Wildman–Crippen MR) is 112 cm³/mol. The van der Waals surface area contributed by atoms with Gasteiger partial charge in [-0.15, -0.1) is 0 Å². The van der Waals surface area contributed by atoms with Crippen molar-refractivity contribution in [3.05, 3.63) is 65.5 Å². The largest absolute Gasteiger partial charge is 0.508 e. The summed E-state index contributed by atoms with van der Waals surface area (Å²) < 4.78 is 20.5. The molecule has 0 aliphatic heterocycles. The van der Waals surface area contributed by atoms with Crippen LogP contribution in [-0.2, 0) is 11.4 Å². The molecule has 0 aliphatic rings. The maximum Gasteiger partial charge on any atom is 0.329 e. The van der Waals surface area contributed by atoms with Gasteiger partial charge in [-0.25, -0.2) is 9.18 Å². The Morgan fingerprint density at radius 3 is 2.39 bits per heavy atom. The predicted octanol–water partition coefficient (Wildman–Crippen LogP) is 3.95. The van der Waals surface area contributed by atoms with Gasteiger partial charge in [0.1, 0.15) is 35.2 Å². The highest BCUT2D eigenvalue weighted by Crippen LogP contribution is 2.34. The molecule has 4 N–H and O–H groups in total. The Morgan fingerprint density at radius 2 is 1.77 bits per heavy atom. The van der Waals surface area contributed by atoms with Crippen LogP contribution >= 0.6 is 0 Å². The fourth-order valence-electron chi connectivity index (χ4n) is 3.06. The molecule has 1 unspecified atom stereocenters. The molecule has 0 saturated heterocycles. The summed E-state index contributed by atoms with van der Waals surface area (Å²) in [6.07, 6.45) is 0.113. The van der Waals surface area contributed by atoms with Crippen LogP contribution in [0.2, 0.25) is 0 Å². The smallest absolute Gasteiger partial charge is 0.329 e. The van der Waals surface area contributed by atoms with Crippen molar-refractivity contribution >= 4 is 22.6 Å². The number of phenols is 2. The first-order valence-corrected chi connectivity index (χ1v) is 9.57. The fourth-order valence-corrected chi connectivity index (χ4v) is 3.06. The first-order chi connectivity index (χ1) is 14.7. The molecular weight excluding hydrogens is 405 g/mol. The van der Waals surface area contributed by atoms with Crippen LogP contribution in [0, 0.1) is 5.82 Å². The standard InChI is InChI=1S/C23H22FNO6/c1-3-23(2,22(29)30)25-21(28)17-11-18(24)15-6-4-5-7-16(15)20(17)31-12-13-8-9-14(26)10-19(13)27/h4-11,26-27H,3,12H2,1-2H3,(H,25,28)(H,29,30). The number of fused-ring (bicyclic) bond motifs is 1. The number of halogens is 1. The first kappa shape index (κ1) is 21.9. The lowest BCUT2D eigenvalue weighted by Gasteiger charge is -2.25. The number of aliphatic carboxylic acids is 1. The van der Waals surface area contributed by atoms with E-state index in [0.717, 1.165) is 12.1 Å². The van der Waals surface area contributed by atoms with Crippen LogP contribution in [0.15, 0.2) is 48.5 Å². The van der Waals surface area contributed by atoms with Gasteiger partial charge in [-0.2, -0.15) is 0 Å². The molecule has 7 nitrogen and oxygen atoms in total. The summed E-state index contributed by atoms with van der Waals surface area (Å²) in [4.78, 5) is 24.6. The SMILES string of the molecule is CCC(C)(NC(=O)c1cc(F)c2ccccc2c1OCc1ccc(O)cc1O)C(=O)O. The van der Waals surface area contributed by atoms with E-state index in [1.54, 1.807) is 25.1 Å². The minimum absolute atomic E-state index is 0.0471. The molecule has 162 valence electrons. The third-order valence-electron chi connectivity index (χ3n) is 5.20. The number of carboxylic acids is 1. The number of benzene rings is 3.